The van der Waals surface area contributed by atoms with Crippen LogP contribution in [0.4, 0.5) is 0 Å². The number of hydrogen-bond donors (Lipinski definition) is 0. The molecule has 4 heteroatoms. The summed E-state index contributed by atoms with van der Waals surface area (Å²) in [6.07, 6.45) is 8.42. The lowest BCUT2D eigenvalue weighted by atomic mass is 9.87. The molecule has 1 aliphatic rings. The van der Waals surface area contributed by atoms with E-state index in [0.29, 0.717) is 12.3 Å². The van der Waals surface area contributed by atoms with Crippen molar-refractivity contribution in [1.82, 2.24) is 5.16 Å². The van der Waals surface area contributed by atoms with Crippen LogP contribution in [0.15, 0.2) is 10.6 Å². The van der Waals surface area contributed by atoms with Crippen LogP contribution in [0.5, 0.6) is 5.95 Å². The predicted octanol–water partition coefficient (Wildman–Crippen LogP) is 3.82. The highest BCUT2D eigenvalue weighted by Gasteiger charge is 2.20. The van der Waals surface area contributed by atoms with Crippen LogP contribution in [-0.2, 0) is 4.79 Å². The minimum atomic E-state index is -0.233. The molecule has 2 rings (SSSR count). The van der Waals surface area contributed by atoms with Gasteiger partial charge in [-0.3, -0.25) is 4.79 Å². The first-order valence-electron chi connectivity index (χ1n) is 6.97. The zero-order chi connectivity index (χ0) is 12.8. The van der Waals surface area contributed by atoms with Crippen molar-refractivity contribution in [3.8, 4) is 5.95 Å². The molecule has 1 heterocycles. The Labute approximate surface area is 108 Å². The summed E-state index contributed by atoms with van der Waals surface area (Å²) in [6.45, 7) is 2.04. The molecule has 0 radical (unpaired) electrons. The third-order valence-electron chi connectivity index (χ3n) is 3.48. The van der Waals surface area contributed by atoms with Gasteiger partial charge in [0.2, 0.25) is 0 Å². The molecular weight excluding hydrogens is 230 g/mol. The Hall–Kier alpha value is -1.32. The fraction of sp³-hybridized carbons (Fsp3) is 0.714. The minimum absolute atomic E-state index is 0.233. The highest BCUT2D eigenvalue weighted by molar-refractivity contribution is 5.71. The van der Waals surface area contributed by atoms with Gasteiger partial charge in [-0.15, -0.1) is 0 Å². The van der Waals surface area contributed by atoms with E-state index >= 15 is 0 Å². The number of carbonyl (C=O) groups is 1. The van der Waals surface area contributed by atoms with Crippen LogP contribution in [0.1, 0.15) is 69.9 Å². The molecule has 1 aromatic rings. The molecule has 1 saturated carbocycles. The standard InChI is InChI=1S/C14H21NO3/c1-2-3-9-13(16)17-14-10-12(15-18-14)11-7-5-4-6-8-11/h10-11H,2-9H2,1H3. The first kappa shape index (κ1) is 13.1. The molecule has 1 fully saturated rings. The average molecular weight is 251 g/mol. The van der Waals surface area contributed by atoms with Crippen molar-refractivity contribution in [3.63, 3.8) is 0 Å². The van der Waals surface area contributed by atoms with Gasteiger partial charge in [0.05, 0.1) is 5.69 Å². The lowest BCUT2D eigenvalue weighted by Gasteiger charge is -2.18. The number of rotatable bonds is 5. The highest BCUT2D eigenvalue weighted by atomic mass is 16.6. The van der Waals surface area contributed by atoms with Gasteiger partial charge < -0.3 is 9.26 Å². The number of carbonyl (C=O) groups excluding carboxylic acids is 1. The van der Waals surface area contributed by atoms with E-state index in [4.69, 9.17) is 9.26 Å². The van der Waals surface area contributed by atoms with Crippen LogP contribution < -0.4 is 4.74 Å². The Kier molecular flexibility index (Phi) is 4.79. The number of aromatic nitrogens is 1. The van der Waals surface area contributed by atoms with Crippen molar-refractivity contribution >= 4 is 5.97 Å². The minimum Gasteiger partial charge on any atom is -0.391 e. The van der Waals surface area contributed by atoms with Crippen molar-refractivity contribution in [2.24, 2.45) is 0 Å². The summed E-state index contributed by atoms with van der Waals surface area (Å²) >= 11 is 0. The van der Waals surface area contributed by atoms with Gasteiger partial charge in [-0.1, -0.05) is 37.8 Å². The second-order valence-corrected chi connectivity index (χ2v) is 4.98. The molecule has 0 unspecified atom stereocenters. The molecule has 0 amide bonds. The lowest BCUT2D eigenvalue weighted by Crippen LogP contribution is -2.07. The van der Waals surface area contributed by atoms with Gasteiger partial charge in [-0.05, 0) is 19.3 Å². The molecular formula is C14H21NO3. The van der Waals surface area contributed by atoms with Crippen molar-refractivity contribution in [2.45, 2.75) is 64.2 Å². The fourth-order valence-electron chi connectivity index (χ4n) is 2.39. The number of ether oxygens (including phenoxy) is 1. The average Bonchev–Trinajstić information content (AvgIpc) is 2.86. The van der Waals surface area contributed by atoms with Gasteiger partial charge in [-0.25, -0.2) is 0 Å². The number of esters is 1. The van der Waals surface area contributed by atoms with E-state index in [2.05, 4.69) is 5.16 Å². The Morgan fingerprint density at radius 2 is 2.22 bits per heavy atom. The van der Waals surface area contributed by atoms with Gasteiger partial charge in [0.15, 0.2) is 0 Å². The molecule has 0 aromatic carbocycles. The largest absolute Gasteiger partial charge is 0.391 e. The molecule has 100 valence electrons. The third-order valence-corrected chi connectivity index (χ3v) is 3.48. The molecule has 1 aliphatic carbocycles. The Balaban J connectivity index is 1.87. The van der Waals surface area contributed by atoms with E-state index in [1.54, 1.807) is 6.07 Å². The Morgan fingerprint density at radius 3 is 2.94 bits per heavy atom. The summed E-state index contributed by atoms with van der Waals surface area (Å²) in [6, 6.07) is 1.78. The maximum Gasteiger partial charge on any atom is 0.319 e. The fourth-order valence-corrected chi connectivity index (χ4v) is 2.39. The van der Waals surface area contributed by atoms with E-state index in [1.165, 1.54) is 19.3 Å². The maximum absolute atomic E-state index is 11.4. The van der Waals surface area contributed by atoms with Crippen LogP contribution in [0, 0.1) is 0 Å². The van der Waals surface area contributed by atoms with E-state index in [0.717, 1.165) is 31.4 Å². The first-order chi connectivity index (χ1) is 8.79. The van der Waals surface area contributed by atoms with E-state index in [1.807, 2.05) is 6.92 Å². The summed E-state index contributed by atoms with van der Waals surface area (Å²) in [5, 5.41) is 4.02. The van der Waals surface area contributed by atoms with E-state index in [9.17, 15) is 4.79 Å². The molecule has 0 spiro atoms. The Bertz CT molecular complexity index is 380. The smallest absolute Gasteiger partial charge is 0.319 e. The lowest BCUT2D eigenvalue weighted by molar-refractivity contribution is -0.135. The van der Waals surface area contributed by atoms with Crippen LogP contribution in [0.25, 0.3) is 0 Å². The molecule has 0 saturated heterocycles. The summed E-state index contributed by atoms with van der Waals surface area (Å²) in [4.78, 5) is 11.4. The topological polar surface area (TPSA) is 52.3 Å². The van der Waals surface area contributed by atoms with Gasteiger partial charge in [0, 0.05) is 18.4 Å². The van der Waals surface area contributed by atoms with Gasteiger partial charge in [0.1, 0.15) is 0 Å². The van der Waals surface area contributed by atoms with Crippen molar-refractivity contribution in [1.29, 1.82) is 0 Å². The van der Waals surface area contributed by atoms with Crippen molar-refractivity contribution < 1.29 is 14.1 Å². The second-order valence-electron chi connectivity index (χ2n) is 4.98. The van der Waals surface area contributed by atoms with Crippen molar-refractivity contribution in [3.05, 3.63) is 11.8 Å². The normalized spacial score (nSPS) is 16.7. The van der Waals surface area contributed by atoms with Gasteiger partial charge in [-0.2, -0.15) is 0 Å². The molecule has 0 N–H and O–H groups in total. The molecule has 18 heavy (non-hydrogen) atoms. The molecule has 0 bridgehead atoms. The van der Waals surface area contributed by atoms with Crippen LogP contribution >= 0.6 is 0 Å². The molecule has 1 aromatic heterocycles. The van der Waals surface area contributed by atoms with Gasteiger partial charge >= 0.3 is 11.9 Å². The monoisotopic (exact) mass is 251 g/mol. The third kappa shape index (κ3) is 3.59. The summed E-state index contributed by atoms with van der Waals surface area (Å²) < 4.78 is 10.2. The molecule has 4 nitrogen and oxygen atoms in total. The maximum atomic E-state index is 11.4. The SMILES string of the molecule is CCCCC(=O)Oc1cc(C2CCCCC2)no1. The first-order valence-corrected chi connectivity index (χ1v) is 6.97. The highest BCUT2D eigenvalue weighted by Crippen LogP contribution is 2.33. The van der Waals surface area contributed by atoms with Crippen molar-refractivity contribution in [2.75, 3.05) is 0 Å². The zero-order valence-corrected chi connectivity index (χ0v) is 11.0. The zero-order valence-electron chi connectivity index (χ0n) is 11.0. The van der Waals surface area contributed by atoms with E-state index in [-0.39, 0.29) is 11.9 Å². The Morgan fingerprint density at radius 1 is 1.44 bits per heavy atom. The van der Waals surface area contributed by atoms with Gasteiger partial charge in [0.25, 0.3) is 0 Å². The summed E-state index contributed by atoms with van der Waals surface area (Å²) in [7, 11) is 0. The second kappa shape index (κ2) is 6.57. The predicted molar refractivity (Wildman–Crippen MR) is 67.5 cm³/mol. The summed E-state index contributed by atoms with van der Waals surface area (Å²) in [5.74, 6) is 0.491. The molecule has 0 aliphatic heterocycles. The quantitative estimate of drug-likeness (QED) is 0.746. The molecule has 0 atom stereocenters. The number of nitrogens with zero attached hydrogens (tertiary/aromatic N) is 1. The number of hydrogen-bond acceptors (Lipinski definition) is 4. The number of unbranched alkanes of at least 4 members (excludes halogenated alkanes) is 1. The van der Waals surface area contributed by atoms with Crippen LogP contribution in [-0.4, -0.2) is 11.1 Å². The summed E-state index contributed by atoms with van der Waals surface area (Å²) in [5.41, 5.74) is 0.938. The van der Waals surface area contributed by atoms with Crippen LogP contribution in [0.3, 0.4) is 0 Å². The van der Waals surface area contributed by atoms with Crippen LogP contribution in [0.2, 0.25) is 0 Å². The van der Waals surface area contributed by atoms with E-state index < -0.39 is 0 Å².